The fourth-order valence-corrected chi connectivity index (χ4v) is 1.69. The summed E-state index contributed by atoms with van der Waals surface area (Å²) in [6.07, 6.45) is 1.68. The topological polar surface area (TPSA) is 90.2 Å². The van der Waals surface area contributed by atoms with E-state index in [-0.39, 0.29) is 11.7 Å². The molecule has 0 saturated carbocycles. The van der Waals surface area contributed by atoms with Crippen molar-refractivity contribution in [2.24, 2.45) is 5.92 Å². The molecule has 20 heavy (non-hydrogen) atoms. The van der Waals surface area contributed by atoms with Crippen molar-refractivity contribution in [1.29, 1.82) is 5.26 Å². The first-order valence-electron chi connectivity index (χ1n) is 6.15. The fourth-order valence-electron chi connectivity index (χ4n) is 1.69. The highest BCUT2D eigenvalue weighted by Gasteiger charge is 2.21. The van der Waals surface area contributed by atoms with Gasteiger partial charge in [0.1, 0.15) is 0 Å². The van der Waals surface area contributed by atoms with Gasteiger partial charge in [-0.3, -0.25) is 4.79 Å². The molecule has 0 heterocycles. The third-order valence-electron chi connectivity index (χ3n) is 2.71. The van der Waals surface area contributed by atoms with Gasteiger partial charge >= 0.3 is 6.09 Å². The number of ketones is 1. The summed E-state index contributed by atoms with van der Waals surface area (Å²) in [5.74, 6) is -0.460. The second kappa shape index (κ2) is 7.10. The van der Waals surface area contributed by atoms with Crippen molar-refractivity contribution in [2.45, 2.75) is 19.9 Å². The Bertz CT molecular complexity index is 571. The van der Waals surface area contributed by atoms with Gasteiger partial charge in [0.2, 0.25) is 0 Å². The van der Waals surface area contributed by atoms with E-state index in [0.717, 1.165) is 5.56 Å². The third-order valence-corrected chi connectivity index (χ3v) is 2.71. The standard InChI is InChI=1S/C15H16N2O3/c1-10(2)14(17-15(19)20)13(18)7-6-11-4-3-5-12(8-11)9-16/h3-8,10,14,17H,1-2H3,(H,19,20)/b7-6-/t14-/m1/s1. The van der Waals surface area contributed by atoms with Gasteiger partial charge in [0.25, 0.3) is 0 Å². The zero-order valence-corrected chi connectivity index (χ0v) is 11.3. The van der Waals surface area contributed by atoms with Gasteiger partial charge in [-0.25, -0.2) is 4.79 Å². The van der Waals surface area contributed by atoms with Crippen molar-refractivity contribution in [2.75, 3.05) is 0 Å². The largest absolute Gasteiger partial charge is 0.465 e. The fraction of sp³-hybridized carbons (Fsp3) is 0.267. The van der Waals surface area contributed by atoms with E-state index in [4.69, 9.17) is 10.4 Å². The first-order chi connectivity index (χ1) is 9.43. The van der Waals surface area contributed by atoms with Gasteiger partial charge in [-0.15, -0.1) is 0 Å². The first-order valence-corrected chi connectivity index (χ1v) is 6.15. The molecule has 1 aromatic carbocycles. The maximum Gasteiger partial charge on any atom is 0.405 e. The minimum Gasteiger partial charge on any atom is -0.465 e. The molecule has 0 radical (unpaired) electrons. The molecule has 0 aliphatic rings. The molecule has 1 rings (SSSR count). The highest BCUT2D eigenvalue weighted by molar-refractivity contribution is 5.99. The Morgan fingerprint density at radius 3 is 2.65 bits per heavy atom. The molecule has 1 amide bonds. The summed E-state index contributed by atoms with van der Waals surface area (Å²) in [5.41, 5.74) is 1.22. The molecule has 0 aliphatic carbocycles. The average Bonchev–Trinajstić information content (AvgIpc) is 2.42. The summed E-state index contributed by atoms with van der Waals surface area (Å²) in [5, 5.41) is 19.7. The molecule has 0 bridgehead atoms. The van der Waals surface area contributed by atoms with E-state index in [9.17, 15) is 9.59 Å². The highest BCUT2D eigenvalue weighted by atomic mass is 16.4. The molecule has 0 fully saturated rings. The van der Waals surface area contributed by atoms with Crippen LogP contribution in [0.25, 0.3) is 6.08 Å². The van der Waals surface area contributed by atoms with Gasteiger partial charge in [-0.2, -0.15) is 5.26 Å². The molecule has 0 aliphatic heterocycles. The van der Waals surface area contributed by atoms with Crippen LogP contribution in [-0.2, 0) is 4.79 Å². The summed E-state index contributed by atoms with van der Waals surface area (Å²) in [4.78, 5) is 22.6. The van der Waals surface area contributed by atoms with Crippen LogP contribution >= 0.6 is 0 Å². The number of carboxylic acid groups (broad SMARTS) is 1. The quantitative estimate of drug-likeness (QED) is 0.805. The lowest BCUT2D eigenvalue weighted by atomic mass is 9.99. The third kappa shape index (κ3) is 4.58. The number of rotatable bonds is 5. The lowest BCUT2D eigenvalue weighted by molar-refractivity contribution is -0.117. The number of carbonyl (C=O) groups excluding carboxylic acids is 1. The molecular formula is C15H16N2O3. The van der Waals surface area contributed by atoms with Crippen LogP contribution in [0.15, 0.2) is 30.3 Å². The SMILES string of the molecule is CC(C)[C@@H](NC(=O)O)C(=O)/C=C\c1cccc(C#N)c1. The molecular weight excluding hydrogens is 256 g/mol. The Kier molecular flexibility index (Phi) is 5.48. The number of hydrogen-bond donors (Lipinski definition) is 2. The van der Waals surface area contributed by atoms with Gasteiger partial charge in [-0.05, 0) is 29.7 Å². The van der Waals surface area contributed by atoms with Gasteiger partial charge in [0.15, 0.2) is 5.78 Å². The van der Waals surface area contributed by atoms with Crippen molar-refractivity contribution in [3.63, 3.8) is 0 Å². The average molecular weight is 272 g/mol. The van der Waals surface area contributed by atoms with E-state index in [1.165, 1.54) is 6.08 Å². The number of nitrogens with zero attached hydrogens (tertiary/aromatic N) is 1. The monoisotopic (exact) mass is 272 g/mol. The van der Waals surface area contributed by atoms with Crippen molar-refractivity contribution in [3.8, 4) is 6.07 Å². The number of amides is 1. The summed E-state index contributed by atoms with van der Waals surface area (Å²) in [7, 11) is 0. The molecule has 0 aromatic heterocycles. The molecule has 0 saturated heterocycles. The Balaban J connectivity index is 2.84. The molecule has 1 aromatic rings. The van der Waals surface area contributed by atoms with Gasteiger partial charge in [-0.1, -0.05) is 32.1 Å². The van der Waals surface area contributed by atoms with Crippen LogP contribution in [0.1, 0.15) is 25.0 Å². The van der Waals surface area contributed by atoms with E-state index in [0.29, 0.717) is 5.56 Å². The van der Waals surface area contributed by atoms with Crippen LogP contribution in [0.5, 0.6) is 0 Å². The van der Waals surface area contributed by atoms with Gasteiger partial charge < -0.3 is 10.4 Å². The van der Waals surface area contributed by atoms with E-state index in [1.807, 2.05) is 6.07 Å². The number of carbonyl (C=O) groups is 2. The number of nitrogens with one attached hydrogen (secondary N) is 1. The predicted molar refractivity (Wildman–Crippen MR) is 75.0 cm³/mol. The molecule has 2 N–H and O–H groups in total. The van der Waals surface area contributed by atoms with Crippen LogP contribution in [0.2, 0.25) is 0 Å². The van der Waals surface area contributed by atoms with Crippen LogP contribution < -0.4 is 5.32 Å². The zero-order chi connectivity index (χ0) is 15.1. The minimum atomic E-state index is -1.23. The Morgan fingerprint density at radius 1 is 1.40 bits per heavy atom. The lowest BCUT2D eigenvalue weighted by Gasteiger charge is -2.17. The molecule has 104 valence electrons. The molecule has 0 unspecified atom stereocenters. The second-order valence-corrected chi connectivity index (χ2v) is 4.64. The molecule has 0 spiro atoms. The Morgan fingerprint density at radius 2 is 2.10 bits per heavy atom. The summed E-state index contributed by atoms with van der Waals surface area (Å²) >= 11 is 0. The first kappa shape index (κ1) is 15.4. The van der Waals surface area contributed by atoms with Gasteiger partial charge in [0, 0.05) is 0 Å². The van der Waals surface area contributed by atoms with E-state index >= 15 is 0 Å². The normalized spacial score (nSPS) is 12.1. The second-order valence-electron chi connectivity index (χ2n) is 4.64. The number of benzene rings is 1. The maximum absolute atomic E-state index is 12.0. The van der Waals surface area contributed by atoms with Gasteiger partial charge in [0.05, 0.1) is 17.7 Å². The Labute approximate surface area is 117 Å². The predicted octanol–water partition coefficient (Wildman–Crippen LogP) is 2.43. The lowest BCUT2D eigenvalue weighted by Crippen LogP contribution is -2.43. The van der Waals surface area contributed by atoms with Crippen LogP contribution in [0, 0.1) is 17.2 Å². The van der Waals surface area contributed by atoms with E-state index < -0.39 is 12.1 Å². The maximum atomic E-state index is 12.0. The number of hydrogen-bond acceptors (Lipinski definition) is 3. The highest BCUT2D eigenvalue weighted by Crippen LogP contribution is 2.08. The summed E-state index contributed by atoms with van der Waals surface area (Å²) in [6.45, 7) is 3.53. The summed E-state index contributed by atoms with van der Waals surface area (Å²) in [6, 6.07) is 8.04. The zero-order valence-electron chi connectivity index (χ0n) is 11.3. The molecule has 1 atom stereocenters. The van der Waals surface area contributed by atoms with E-state index in [1.54, 1.807) is 44.2 Å². The van der Waals surface area contributed by atoms with Crippen molar-refractivity contribution < 1.29 is 14.7 Å². The van der Waals surface area contributed by atoms with E-state index in [2.05, 4.69) is 5.32 Å². The van der Waals surface area contributed by atoms with Crippen LogP contribution in [0.3, 0.4) is 0 Å². The smallest absolute Gasteiger partial charge is 0.405 e. The minimum absolute atomic E-state index is 0.145. The molecule has 5 nitrogen and oxygen atoms in total. The Hall–Kier alpha value is -2.61. The van der Waals surface area contributed by atoms with Crippen molar-refractivity contribution in [3.05, 3.63) is 41.5 Å². The summed E-state index contributed by atoms with van der Waals surface area (Å²) < 4.78 is 0. The van der Waals surface area contributed by atoms with Crippen LogP contribution in [0.4, 0.5) is 4.79 Å². The molecule has 5 heteroatoms. The van der Waals surface area contributed by atoms with Crippen molar-refractivity contribution in [1.82, 2.24) is 5.32 Å². The van der Waals surface area contributed by atoms with Crippen LogP contribution in [-0.4, -0.2) is 23.0 Å². The van der Waals surface area contributed by atoms with Crippen molar-refractivity contribution >= 4 is 18.0 Å². The number of nitriles is 1.